The SMILES string of the molecule is O=C(CN1CCC(N2CCOCC2)CC1)N[C@@H](COCc1ccccc1)C(=O)Cc1ccc(Oc2ccc(F)cc2)cc1. The molecule has 5 rings (SSSR count). The zero-order chi connectivity index (χ0) is 29.9. The van der Waals surface area contributed by atoms with Crippen molar-refractivity contribution in [2.75, 3.05) is 52.5 Å². The molecule has 2 fully saturated rings. The van der Waals surface area contributed by atoms with E-state index in [2.05, 4.69) is 15.1 Å². The van der Waals surface area contributed by atoms with Gasteiger partial charge in [-0.05, 0) is 60.4 Å². The molecular weight excluding hydrogens is 549 g/mol. The lowest BCUT2D eigenvalue weighted by Crippen LogP contribution is -2.52. The Morgan fingerprint density at radius 1 is 0.860 bits per heavy atom. The van der Waals surface area contributed by atoms with Gasteiger partial charge in [0.15, 0.2) is 5.78 Å². The molecule has 2 aliphatic heterocycles. The summed E-state index contributed by atoms with van der Waals surface area (Å²) in [6.45, 7) is 5.93. The minimum atomic E-state index is -0.766. The number of ketones is 1. The molecule has 3 aromatic rings. The van der Waals surface area contributed by atoms with E-state index in [1.807, 2.05) is 42.5 Å². The molecule has 2 heterocycles. The second-order valence-corrected chi connectivity index (χ2v) is 11.1. The van der Waals surface area contributed by atoms with Crippen molar-refractivity contribution in [2.45, 2.75) is 38.0 Å². The molecule has 0 aliphatic carbocycles. The van der Waals surface area contributed by atoms with Crippen LogP contribution in [0.2, 0.25) is 0 Å². The lowest BCUT2D eigenvalue weighted by atomic mass is 10.0. The first kappa shape index (κ1) is 30.8. The molecule has 2 aliphatic rings. The summed E-state index contributed by atoms with van der Waals surface area (Å²) in [6, 6.07) is 22.5. The van der Waals surface area contributed by atoms with E-state index < -0.39 is 6.04 Å². The van der Waals surface area contributed by atoms with Crippen LogP contribution in [0.3, 0.4) is 0 Å². The third kappa shape index (κ3) is 9.69. The van der Waals surface area contributed by atoms with Gasteiger partial charge in [0.1, 0.15) is 23.4 Å². The zero-order valence-corrected chi connectivity index (χ0v) is 24.5. The van der Waals surface area contributed by atoms with Crippen LogP contribution in [0.15, 0.2) is 78.9 Å². The molecule has 0 spiro atoms. The Labute approximate surface area is 252 Å². The van der Waals surface area contributed by atoms with Gasteiger partial charge in [0.25, 0.3) is 0 Å². The number of nitrogens with one attached hydrogen (secondary N) is 1. The first-order chi connectivity index (χ1) is 21.0. The molecular formula is C34H40FN3O5. The van der Waals surface area contributed by atoms with Crippen LogP contribution in [-0.2, 0) is 32.1 Å². The highest BCUT2D eigenvalue weighted by Crippen LogP contribution is 2.22. The number of hydrogen-bond acceptors (Lipinski definition) is 7. The Bertz CT molecular complexity index is 1290. The number of benzene rings is 3. The maximum absolute atomic E-state index is 13.4. The van der Waals surface area contributed by atoms with Crippen LogP contribution in [-0.4, -0.2) is 86.1 Å². The quantitative estimate of drug-likeness (QED) is 0.320. The molecule has 0 aromatic heterocycles. The molecule has 0 bridgehead atoms. The number of piperidine rings is 1. The number of ether oxygens (including phenoxy) is 3. The summed E-state index contributed by atoms with van der Waals surface area (Å²) >= 11 is 0. The van der Waals surface area contributed by atoms with Gasteiger partial charge in [-0.25, -0.2) is 4.39 Å². The summed E-state index contributed by atoms with van der Waals surface area (Å²) < 4.78 is 30.3. The Morgan fingerprint density at radius 3 is 2.19 bits per heavy atom. The van der Waals surface area contributed by atoms with Crippen LogP contribution in [0.1, 0.15) is 24.0 Å². The van der Waals surface area contributed by atoms with Crippen LogP contribution in [0.25, 0.3) is 0 Å². The molecule has 8 nitrogen and oxygen atoms in total. The van der Waals surface area contributed by atoms with Gasteiger partial charge >= 0.3 is 0 Å². The second-order valence-electron chi connectivity index (χ2n) is 11.1. The maximum atomic E-state index is 13.4. The minimum Gasteiger partial charge on any atom is -0.457 e. The second kappa shape index (κ2) is 15.7. The number of carbonyl (C=O) groups excluding carboxylic acids is 2. The lowest BCUT2D eigenvalue weighted by Gasteiger charge is -2.39. The molecule has 228 valence electrons. The Kier molecular flexibility index (Phi) is 11.3. The minimum absolute atomic E-state index is 0.0876. The van der Waals surface area contributed by atoms with Crippen molar-refractivity contribution in [1.82, 2.24) is 15.1 Å². The van der Waals surface area contributed by atoms with E-state index in [1.165, 1.54) is 12.1 Å². The van der Waals surface area contributed by atoms with Gasteiger partial charge in [0.05, 0.1) is 33.0 Å². The Morgan fingerprint density at radius 2 is 1.51 bits per heavy atom. The predicted octanol–water partition coefficient (Wildman–Crippen LogP) is 4.23. The molecule has 0 unspecified atom stereocenters. The summed E-state index contributed by atoms with van der Waals surface area (Å²) in [6.07, 6.45) is 2.19. The van der Waals surface area contributed by atoms with E-state index in [9.17, 15) is 14.0 Å². The summed E-state index contributed by atoms with van der Waals surface area (Å²) in [5.74, 6) is 0.475. The van der Waals surface area contributed by atoms with Crippen molar-refractivity contribution in [1.29, 1.82) is 0 Å². The predicted molar refractivity (Wildman–Crippen MR) is 162 cm³/mol. The summed E-state index contributed by atoms with van der Waals surface area (Å²) in [5.41, 5.74) is 1.80. The topological polar surface area (TPSA) is 80.3 Å². The van der Waals surface area contributed by atoms with Crippen LogP contribution >= 0.6 is 0 Å². The van der Waals surface area contributed by atoms with Crippen molar-refractivity contribution in [3.05, 3.63) is 95.8 Å². The fraction of sp³-hybridized carbons (Fsp3) is 0.412. The van der Waals surface area contributed by atoms with Crippen molar-refractivity contribution in [2.24, 2.45) is 0 Å². The van der Waals surface area contributed by atoms with Crippen LogP contribution in [0, 0.1) is 5.82 Å². The monoisotopic (exact) mass is 589 g/mol. The molecule has 3 aromatic carbocycles. The van der Waals surface area contributed by atoms with E-state index >= 15 is 0 Å². The number of rotatable bonds is 13. The van der Waals surface area contributed by atoms with E-state index in [4.69, 9.17) is 14.2 Å². The van der Waals surface area contributed by atoms with E-state index in [0.29, 0.717) is 24.1 Å². The Balaban J connectivity index is 1.14. The largest absolute Gasteiger partial charge is 0.457 e. The first-order valence-corrected chi connectivity index (χ1v) is 15.0. The van der Waals surface area contributed by atoms with Gasteiger partial charge in [-0.15, -0.1) is 0 Å². The number of carbonyl (C=O) groups is 2. The molecule has 0 saturated carbocycles. The summed E-state index contributed by atoms with van der Waals surface area (Å²) in [5, 5.41) is 2.96. The number of nitrogens with zero attached hydrogens (tertiary/aromatic N) is 2. The van der Waals surface area contributed by atoms with Crippen molar-refractivity contribution in [3.8, 4) is 11.5 Å². The van der Waals surface area contributed by atoms with E-state index in [1.54, 1.807) is 24.3 Å². The molecule has 2 saturated heterocycles. The van der Waals surface area contributed by atoms with E-state index in [0.717, 1.165) is 63.4 Å². The van der Waals surface area contributed by atoms with Gasteiger partial charge in [-0.2, -0.15) is 0 Å². The maximum Gasteiger partial charge on any atom is 0.234 e. The van der Waals surface area contributed by atoms with Crippen molar-refractivity contribution >= 4 is 11.7 Å². The van der Waals surface area contributed by atoms with Crippen molar-refractivity contribution < 1.29 is 28.2 Å². The standard InChI is InChI=1S/C34H40FN3O5/c35-28-8-12-31(13-9-28)43-30-10-6-26(7-11-30)22-33(39)32(25-42-24-27-4-2-1-3-5-27)36-34(40)23-37-16-14-29(15-17-37)38-18-20-41-21-19-38/h1-13,29,32H,14-25H2,(H,36,40)/t32-/m0/s1. The summed E-state index contributed by atoms with van der Waals surface area (Å²) in [4.78, 5) is 31.2. The van der Waals surface area contributed by atoms with Gasteiger partial charge in [0.2, 0.25) is 5.91 Å². The number of morpholine rings is 1. The lowest BCUT2D eigenvalue weighted by molar-refractivity contribution is -0.130. The highest BCUT2D eigenvalue weighted by Gasteiger charge is 2.28. The van der Waals surface area contributed by atoms with Crippen LogP contribution in [0.4, 0.5) is 4.39 Å². The molecule has 1 N–H and O–H groups in total. The van der Waals surface area contributed by atoms with Crippen LogP contribution in [0.5, 0.6) is 11.5 Å². The normalized spacial score (nSPS) is 17.3. The highest BCUT2D eigenvalue weighted by molar-refractivity contribution is 5.91. The molecule has 1 atom stereocenters. The van der Waals surface area contributed by atoms with Gasteiger partial charge < -0.3 is 19.5 Å². The van der Waals surface area contributed by atoms with Crippen molar-refractivity contribution in [3.63, 3.8) is 0 Å². The fourth-order valence-electron chi connectivity index (χ4n) is 5.55. The average molecular weight is 590 g/mol. The van der Waals surface area contributed by atoms with Gasteiger partial charge in [0, 0.05) is 38.6 Å². The highest BCUT2D eigenvalue weighted by atomic mass is 19.1. The Hall–Kier alpha value is -3.63. The number of hydrogen-bond donors (Lipinski definition) is 1. The fourth-order valence-corrected chi connectivity index (χ4v) is 5.55. The van der Waals surface area contributed by atoms with Gasteiger partial charge in [-0.3, -0.25) is 19.4 Å². The molecule has 1 amide bonds. The summed E-state index contributed by atoms with van der Waals surface area (Å²) in [7, 11) is 0. The zero-order valence-electron chi connectivity index (χ0n) is 24.5. The number of likely N-dealkylation sites (tertiary alicyclic amines) is 1. The average Bonchev–Trinajstić information content (AvgIpc) is 3.04. The third-order valence-corrected chi connectivity index (χ3v) is 7.96. The molecule has 0 radical (unpaired) electrons. The van der Waals surface area contributed by atoms with Crippen LogP contribution < -0.4 is 10.1 Å². The van der Waals surface area contributed by atoms with E-state index in [-0.39, 0.29) is 37.1 Å². The number of halogens is 1. The smallest absolute Gasteiger partial charge is 0.234 e. The molecule has 43 heavy (non-hydrogen) atoms. The van der Waals surface area contributed by atoms with Gasteiger partial charge in [-0.1, -0.05) is 42.5 Å². The first-order valence-electron chi connectivity index (χ1n) is 15.0. The third-order valence-electron chi connectivity index (χ3n) is 7.96. The number of Topliss-reactive ketones (excluding diaryl/α,β-unsaturated/α-hetero) is 1. The molecule has 9 heteroatoms. The number of amides is 1.